The maximum Gasteiger partial charge on any atom is 0.410 e. The highest BCUT2D eigenvalue weighted by Crippen LogP contribution is 2.32. The first-order valence-electron chi connectivity index (χ1n) is 7.09. The molecule has 0 aromatic rings. The Balaban J connectivity index is 2.61. The monoisotopic (exact) mass is 286 g/mol. The van der Waals surface area contributed by atoms with E-state index in [1.807, 2.05) is 20.8 Å². The molecule has 1 heterocycles. The molecule has 0 aromatic heterocycles. The topological polar surface area (TPSA) is 81.9 Å². The van der Waals surface area contributed by atoms with Crippen molar-refractivity contribution >= 4 is 12.1 Å². The second kappa shape index (κ2) is 6.43. The highest BCUT2D eigenvalue weighted by Gasteiger charge is 2.43. The number of likely N-dealkylation sites (tertiary alicyclic amines) is 1. The summed E-state index contributed by atoms with van der Waals surface area (Å²) in [6, 6.07) is 0. The van der Waals surface area contributed by atoms with Gasteiger partial charge in [-0.3, -0.25) is 4.79 Å². The van der Waals surface area contributed by atoms with Crippen LogP contribution in [0.3, 0.4) is 0 Å². The molecule has 1 rings (SSSR count). The lowest BCUT2D eigenvalue weighted by Crippen LogP contribution is -2.51. The number of carbonyl (C=O) groups excluding carboxylic acids is 2. The summed E-state index contributed by atoms with van der Waals surface area (Å²) in [6.45, 7) is 8.78. The summed E-state index contributed by atoms with van der Waals surface area (Å²) < 4.78 is 10.4. The second-order valence-electron chi connectivity index (χ2n) is 6.17. The van der Waals surface area contributed by atoms with Crippen LogP contribution < -0.4 is 5.73 Å². The fourth-order valence-corrected chi connectivity index (χ4v) is 2.22. The summed E-state index contributed by atoms with van der Waals surface area (Å²) in [5.41, 5.74) is 4.59. The average Bonchev–Trinajstić information content (AvgIpc) is 2.37. The maximum absolute atomic E-state index is 12.0. The molecule has 1 amide bonds. The first kappa shape index (κ1) is 16.8. The molecule has 0 atom stereocenters. The van der Waals surface area contributed by atoms with Crippen molar-refractivity contribution < 1.29 is 19.1 Å². The van der Waals surface area contributed by atoms with Gasteiger partial charge < -0.3 is 20.1 Å². The van der Waals surface area contributed by atoms with Crippen LogP contribution in [0.15, 0.2) is 0 Å². The Bertz CT molecular complexity index is 355. The molecule has 1 fully saturated rings. The van der Waals surface area contributed by atoms with Crippen LogP contribution in [0.4, 0.5) is 4.79 Å². The molecule has 0 spiro atoms. The third-order valence-electron chi connectivity index (χ3n) is 3.47. The summed E-state index contributed by atoms with van der Waals surface area (Å²) in [6.07, 6.45) is 0.690. The molecule has 116 valence electrons. The Hall–Kier alpha value is -1.30. The molecule has 1 aliphatic heterocycles. The number of nitrogens with two attached hydrogens (primary N) is 1. The minimum absolute atomic E-state index is 0.244. The van der Waals surface area contributed by atoms with E-state index in [0.717, 1.165) is 0 Å². The van der Waals surface area contributed by atoms with Crippen molar-refractivity contribution in [2.24, 2.45) is 11.1 Å². The standard InChI is InChI=1S/C14H26N2O4/c1-5-19-11(17)14(10-15)6-8-16(9-7-14)12(18)20-13(2,3)4/h5-10,15H2,1-4H3. The zero-order valence-electron chi connectivity index (χ0n) is 12.9. The summed E-state index contributed by atoms with van der Waals surface area (Å²) in [4.78, 5) is 25.6. The highest BCUT2D eigenvalue weighted by atomic mass is 16.6. The van der Waals surface area contributed by atoms with E-state index in [2.05, 4.69) is 0 Å². The number of ether oxygens (including phenoxy) is 2. The van der Waals surface area contributed by atoms with E-state index < -0.39 is 11.0 Å². The summed E-state index contributed by atoms with van der Waals surface area (Å²) in [5.74, 6) is -0.258. The largest absolute Gasteiger partial charge is 0.466 e. The van der Waals surface area contributed by atoms with E-state index >= 15 is 0 Å². The predicted molar refractivity (Wildman–Crippen MR) is 75.2 cm³/mol. The van der Waals surface area contributed by atoms with Crippen LogP contribution in [-0.2, 0) is 14.3 Å². The Kier molecular flexibility index (Phi) is 5.39. The molecule has 20 heavy (non-hydrogen) atoms. The molecule has 0 radical (unpaired) electrons. The molecular weight excluding hydrogens is 260 g/mol. The molecule has 0 unspecified atom stereocenters. The van der Waals surface area contributed by atoms with Gasteiger partial charge in [-0.2, -0.15) is 0 Å². The Morgan fingerprint density at radius 2 is 1.80 bits per heavy atom. The molecule has 2 N–H and O–H groups in total. The Labute approximate surface area is 120 Å². The lowest BCUT2D eigenvalue weighted by atomic mass is 9.78. The van der Waals surface area contributed by atoms with Gasteiger partial charge in [-0.25, -0.2) is 4.79 Å². The Morgan fingerprint density at radius 1 is 1.25 bits per heavy atom. The normalized spacial score (nSPS) is 18.6. The number of hydrogen-bond acceptors (Lipinski definition) is 5. The highest BCUT2D eigenvalue weighted by molar-refractivity contribution is 5.78. The smallest absolute Gasteiger partial charge is 0.410 e. The van der Waals surface area contributed by atoms with Crippen LogP contribution in [0, 0.1) is 5.41 Å². The van der Waals surface area contributed by atoms with Gasteiger partial charge in [0.2, 0.25) is 0 Å². The van der Waals surface area contributed by atoms with Gasteiger partial charge in [0.1, 0.15) is 5.60 Å². The van der Waals surface area contributed by atoms with Gasteiger partial charge in [-0.1, -0.05) is 0 Å². The van der Waals surface area contributed by atoms with E-state index in [1.54, 1.807) is 11.8 Å². The van der Waals surface area contributed by atoms with Crippen molar-refractivity contribution in [1.29, 1.82) is 0 Å². The first-order valence-corrected chi connectivity index (χ1v) is 7.09. The maximum atomic E-state index is 12.0. The molecule has 6 heteroatoms. The molecule has 0 aromatic carbocycles. The second-order valence-corrected chi connectivity index (χ2v) is 6.17. The number of hydrogen-bond donors (Lipinski definition) is 1. The molecule has 0 saturated carbocycles. The first-order chi connectivity index (χ1) is 9.24. The average molecular weight is 286 g/mol. The van der Waals surface area contributed by atoms with Crippen LogP contribution >= 0.6 is 0 Å². The van der Waals surface area contributed by atoms with Crippen molar-refractivity contribution in [3.8, 4) is 0 Å². The number of piperidine rings is 1. The van der Waals surface area contributed by atoms with Gasteiger partial charge in [0.25, 0.3) is 0 Å². The minimum atomic E-state index is -0.658. The van der Waals surface area contributed by atoms with Crippen LogP contribution in [0.1, 0.15) is 40.5 Å². The lowest BCUT2D eigenvalue weighted by molar-refractivity contribution is -0.157. The van der Waals surface area contributed by atoms with E-state index in [1.165, 1.54) is 0 Å². The minimum Gasteiger partial charge on any atom is -0.466 e. The third kappa shape index (κ3) is 4.10. The van der Waals surface area contributed by atoms with Gasteiger partial charge >= 0.3 is 12.1 Å². The number of amides is 1. The van der Waals surface area contributed by atoms with Gasteiger partial charge in [-0.15, -0.1) is 0 Å². The zero-order chi connectivity index (χ0) is 15.4. The molecule has 0 aliphatic carbocycles. The molecule has 1 aliphatic rings. The van der Waals surface area contributed by atoms with Gasteiger partial charge in [0, 0.05) is 19.6 Å². The van der Waals surface area contributed by atoms with Crippen molar-refractivity contribution in [3.63, 3.8) is 0 Å². The fraction of sp³-hybridized carbons (Fsp3) is 0.857. The predicted octanol–water partition coefficient (Wildman–Crippen LogP) is 1.53. The SMILES string of the molecule is CCOC(=O)C1(CN)CCN(C(=O)OC(C)(C)C)CC1. The fourth-order valence-electron chi connectivity index (χ4n) is 2.22. The molecule has 1 saturated heterocycles. The quantitative estimate of drug-likeness (QED) is 0.796. The van der Waals surface area contributed by atoms with Crippen molar-refractivity contribution in [2.75, 3.05) is 26.2 Å². The summed E-state index contributed by atoms with van der Waals surface area (Å²) in [5, 5.41) is 0. The summed E-state index contributed by atoms with van der Waals surface area (Å²) in [7, 11) is 0. The third-order valence-corrected chi connectivity index (χ3v) is 3.47. The molecule has 6 nitrogen and oxygen atoms in total. The van der Waals surface area contributed by atoms with Crippen molar-refractivity contribution in [2.45, 2.75) is 46.1 Å². The lowest BCUT2D eigenvalue weighted by Gasteiger charge is -2.39. The summed E-state index contributed by atoms with van der Waals surface area (Å²) >= 11 is 0. The van der Waals surface area contributed by atoms with Crippen molar-refractivity contribution in [3.05, 3.63) is 0 Å². The number of nitrogens with zero attached hydrogens (tertiary/aromatic N) is 1. The van der Waals surface area contributed by atoms with Crippen molar-refractivity contribution in [1.82, 2.24) is 4.90 Å². The van der Waals surface area contributed by atoms with E-state index in [-0.39, 0.29) is 18.6 Å². The Morgan fingerprint density at radius 3 is 2.20 bits per heavy atom. The zero-order valence-corrected chi connectivity index (χ0v) is 12.9. The van der Waals surface area contributed by atoms with Gasteiger partial charge in [-0.05, 0) is 40.5 Å². The van der Waals surface area contributed by atoms with E-state index in [9.17, 15) is 9.59 Å². The number of carbonyl (C=O) groups is 2. The van der Waals surface area contributed by atoms with Crippen LogP contribution in [0.5, 0.6) is 0 Å². The number of esters is 1. The molecular formula is C14H26N2O4. The molecule has 0 bridgehead atoms. The van der Waals surface area contributed by atoms with Gasteiger partial charge in [0.05, 0.1) is 12.0 Å². The van der Waals surface area contributed by atoms with Crippen LogP contribution in [0.2, 0.25) is 0 Å². The number of rotatable bonds is 3. The van der Waals surface area contributed by atoms with E-state index in [0.29, 0.717) is 32.5 Å². The van der Waals surface area contributed by atoms with Crippen LogP contribution in [0.25, 0.3) is 0 Å². The van der Waals surface area contributed by atoms with Gasteiger partial charge in [0.15, 0.2) is 0 Å². The van der Waals surface area contributed by atoms with E-state index in [4.69, 9.17) is 15.2 Å². The van der Waals surface area contributed by atoms with Crippen LogP contribution in [-0.4, -0.2) is 48.8 Å².